The van der Waals surface area contributed by atoms with E-state index < -0.39 is 0 Å². The average molecular weight is 351 g/mol. The molecule has 6 heteroatoms. The molecule has 0 saturated heterocycles. The van der Waals surface area contributed by atoms with Crippen molar-refractivity contribution < 1.29 is 14.2 Å². The maximum atomic E-state index is 5.48. The van der Waals surface area contributed by atoms with Crippen molar-refractivity contribution >= 4 is 0 Å². The summed E-state index contributed by atoms with van der Waals surface area (Å²) in [6, 6.07) is 12.3. The maximum absolute atomic E-state index is 5.48. The van der Waals surface area contributed by atoms with Crippen molar-refractivity contribution in [3.05, 3.63) is 53.3 Å². The summed E-state index contributed by atoms with van der Waals surface area (Å²) in [6.07, 6.45) is 1.85. The minimum Gasteiger partial charge on any atom is -0.493 e. The smallest absolute Gasteiger partial charge is 0.203 e. The van der Waals surface area contributed by atoms with Crippen molar-refractivity contribution in [2.75, 3.05) is 21.3 Å². The third kappa shape index (κ3) is 2.67. The van der Waals surface area contributed by atoms with Gasteiger partial charge in [-0.05, 0) is 29.7 Å². The van der Waals surface area contributed by atoms with E-state index in [-0.39, 0.29) is 0 Å². The Morgan fingerprint density at radius 2 is 1.54 bits per heavy atom. The van der Waals surface area contributed by atoms with Gasteiger partial charge in [0.1, 0.15) is 5.82 Å². The van der Waals surface area contributed by atoms with Gasteiger partial charge in [-0.15, -0.1) is 10.2 Å². The predicted molar refractivity (Wildman–Crippen MR) is 98.1 cm³/mol. The Hall–Kier alpha value is -3.02. The summed E-state index contributed by atoms with van der Waals surface area (Å²) >= 11 is 0. The number of hydrogen-bond acceptors (Lipinski definition) is 5. The third-order valence-corrected chi connectivity index (χ3v) is 4.82. The summed E-state index contributed by atoms with van der Waals surface area (Å²) in [5, 5.41) is 8.88. The number of nitrogens with zero attached hydrogens (tertiary/aromatic N) is 3. The van der Waals surface area contributed by atoms with E-state index in [4.69, 9.17) is 14.2 Å². The van der Waals surface area contributed by atoms with E-state index in [2.05, 4.69) is 39.0 Å². The first kappa shape index (κ1) is 16.4. The minimum atomic E-state index is 0.569. The highest BCUT2D eigenvalue weighted by Gasteiger charge is 2.21. The molecule has 0 saturated carbocycles. The highest BCUT2D eigenvalue weighted by molar-refractivity contribution is 5.67. The molecule has 1 aliphatic heterocycles. The number of methoxy groups -OCH3 is 3. The van der Waals surface area contributed by atoms with Crippen LogP contribution < -0.4 is 14.2 Å². The lowest BCUT2D eigenvalue weighted by Gasteiger charge is -2.15. The molecule has 0 amide bonds. The highest BCUT2D eigenvalue weighted by atomic mass is 16.5. The lowest BCUT2D eigenvalue weighted by atomic mass is 10.0. The molecule has 0 unspecified atom stereocenters. The molecule has 1 aliphatic rings. The molecule has 0 spiro atoms. The summed E-state index contributed by atoms with van der Waals surface area (Å²) < 4.78 is 18.6. The SMILES string of the molecule is COc1cc(-c2nnc3n2Cc2ccccc2CC3)cc(OC)c1OC. The van der Waals surface area contributed by atoms with Crippen molar-refractivity contribution in [1.29, 1.82) is 0 Å². The monoisotopic (exact) mass is 351 g/mol. The molecule has 134 valence electrons. The number of benzene rings is 2. The van der Waals surface area contributed by atoms with Crippen LogP contribution in [-0.4, -0.2) is 36.1 Å². The largest absolute Gasteiger partial charge is 0.493 e. The Bertz CT molecular complexity index is 924. The molecule has 0 fully saturated rings. The second-order valence-corrected chi connectivity index (χ2v) is 6.21. The predicted octanol–water partition coefficient (Wildman–Crippen LogP) is 3.12. The van der Waals surface area contributed by atoms with Crippen LogP contribution >= 0.6 is 0 Å². The summed E-state index contributed by atoms with van der Waals surface area (Å²) in [7, 11) is 4.82. The summed E-state index contributed by atoms with van der Waals surface area (Å²) in [5.74, 6) is 3.57. The van der Waals surface area contributed by atoms with Crippen LogP contribution in [0.25, 0.3) is 11.4 Å². The van der Waals surface area contributed by atoms with Crippen LogP contribution in [0.3, 0.4) is 0 Å². The third-order valence-electron chi connectivity index (χ3n) is 4.82. The first-order chi connectivity index (χ1) is 12.7. The van der Waals surface area contributed by atoms with E-state index >= 15 is 0 Å². The summed E-state index contributed by atoms with van der Waals surface area (Å²) in [4.78, 5) is 0. The minimum absolute atomic E-state index is 0.569. The molecule has 0 bridgehead atoms. The molecule has 2 heterocycles. The average Bonchev–Trinajstić information content (AvgIpc) is 2.99. The fourth-order valence-electron chi connectivity index (χ4n) is 3.48. The lowest BCUT2D eigenvalue weighted by Crippen LogP contribution is -2.05. The zero-order valence-corrected chi connectivity index (χ0v) is 15.2. The Morgan fingerprint density at radius 1 is 0.846 bits per heavy atom. The topological polar surface area (TPSA) is 58.4 Å². The zero-order valence-electron chi connectivity index (χ0n) is 15.2. The number of hydrogen-bond donors (Lipinski definition) is 0. The van der Waals surface area contributed by atoms with E-state index in [0.717, 1.165) is 36.6 Å². The van der Waals surface area contributed by atoms with Crippen LogP contribution in [0.4, 0.5) is 0 Å². The van der Waals surface area contributed by atoms with Crippen molar-refractivity contribution in [3.8, 4) is 28.6 Å². The van der Waals surface area contributed by atoms with Crippen LogP contribution in [0.1, 0.15) is 17.0 Å². The summed E-state index contributed by atoms with van der Waals surface area (Å²) in [5.41, 5.74) is 3.56. The Labute approximate surface area is 152 Å². The van der Waals surface area contributed by atoms with Crippen LogP contribution in [0, 0.1) is 0 Å². The zero-order chi connectivity index (χ0) is 18.1. The molecule has 0 atom stereocenters. The molecule has 1 aromatic heterocycles. The molecular weight excluding hydrogens is 330 g/mol. The quantitative estimate of drug-likeness (QED) is 0.723. The highest BCUT2D eigenvalue weighted by Crippen LogP contribution is 2.41. The molecule has 0 radical (unpaired) electrons. The Kier molecular flexibility index (Phi) is 4.24. The molecule has 6 nitrogen and oxygen atoms in total. The van der Waals surface area contributed by atoms with Gasteiger partial charge < -0.3 is 18.8 Å². The molecular formula is C20H21N3O3. The molecule has 2 aromatic carbocycles. The number of aryl methyl sites for hydroxylation is 2. The fourth-order valence-corrected chi connectivity index (χ4v) is 3.48. The van der Waals surface area contributed by atoms with Crippen molar-refractivity contribution in [1.82, 2.24) is 14.8 Å². The van der Waals surface area contributed by atoms with Gasteiger partial charge in [0.2, 0.25) is 5.75 Å². The number of fused-ring (bicyclic) bond motifs is 2. The van der Waals surface area contributed by atoms with Gasteiger partial charge in [-0.3, -0.25) is 0 Å². The van der Waals surface area contributed by atoms with Gasteiger partial charge in [0.15, 0.2) is 17.3 Å². The standard InChI is InChI=1S/C20H21N3O3/c1-24-16-10-15(11-17(25-2)19(16)26-3)20-22-21-18-9-8-13-6-4-5-7-14(13)12-23(18)20/h4-7,10-11H,8-9,12H2,1-3H3. The normalized spacial score (nSPS) is 12.7. The second kappa shape index (κ2) is 6.71. The number of rotatable bonds is 4. The first-order valence-electron chi connectivity index (χ1n) is 8.54. The summed E-state index contributed by atoms with van der Waals surface area (Å²) in [6.45, 7) is 0.754. The van der Waals surface area contributed by atoms with Gasteiger partial charge in [-0.1, -0.05) is 24.3 Å². The van der Waals surface area contributed by atoms with Gasteiger partial charge in [0.05, 0.1) is 27.9 Å². The molecule has 4 rings (SSSR count). The molecule has 0 N–H and O–H groups in total. The van der Waals surface area contributed by atoms with Gasteiger partial charge in [-0.25, -0.2) is 0 Å². The van der Waals surface area contributed by atoms with Gasteiger partial charge in [-0.2, -0.15) is 0 Å². The van der Waals surface area contributed by atoms with E-state index in [1.54, 1.807) is 21.3 Å². The number of ether oxygens (including phenoxy) is 3. The Balaban J connectivity index is 1.83. The fraction of sp³-hybridized carbons (Fsp3) is 0.300. The first-order valence-corrected chi connectivity index (χ1v) is 8.54. The van der Waals surface area contributed by atoms with Crippen molar-refractivity contribution in [3.63, 3.8) is 0 Å². The van der Waals surface area contributed by atoms with Gasteiger partial charge in [0, 0.05) is 12.0 Å². The van der Waals surface area contributed by atoms with Crippen LogP contribution in [0.15, 0.2) is 36.4 Å². The van der Waals surface area contributed by atoms with E-state index in [1.165, 1.54) is 11.1 Å². The van der Waals surface area contributed by atoms with Crippen LogP contribution in [0.2, 0.25) is 0 Å². The van der Waals surface area contributed by atoms with Gasteiger partial charge in [0.25, 0.3) is 0 Å². The van der Waals surface area contributed by atoms with E-state index in [9.17, 15) is 0 Å². The second-order valence-electron chi connectivity index (χ2n) is 6.21. The van der Waals surface area contributed by atoms with Crippen LogP contribution in [-0.2, 0) is 19.4 Å². The van der Waals surface area contributed by atoms with Gasteiger partial charge >= 0.3 is 0 Å². The molecule has 26 heavy (non-hydrogen) atoms. The van der Waals surface area contributed by atoms with Crippen molar-refractivity contribution in [2.24, 2.45) is 0 Å². The lowest BCUT2D eigenvalue weighted by molar-refractivity contribution is 0.324. The van der Waals surface area contributed by atoms with Crippen LogP contribution in [0.5, 0.6) is 17.2 Å². The number of aromatic nitrogens is 3. The van der Waals surface area contributed by atoms with Crippen molar-refractivity contribution in [2.45, 2.75) is 19.4 Å². The van der Waals surface area contributed by atoms with E-state index in [0.29, 0.717) is 17.2 Å². The van der Waals surface area contributed by atoms with E-state index in [1.807, 2.05) is 12.1 Å². The molecule has 3 aromatic rings. The molecule has 0 aliphatic carbocycles. The Morgan fingerprint density at radius 3 is 2.19 bits per heavy atom. The maximum Gasteiger partial charge on any atom is 0.203 e.